The van der Waals surface area contributed by atoms with Crippen LogP contribution in [0.5, 0.6) is 0 Å². The molecule has 1 aromatic heterocycles. The van der Waals surface area contributed by atoms with Gasteiger partial charge in [0.2, 0.25) is 0 Å². The molecule has 0 aliphatic rings. The fourth-order valence-corrected chi connectivity index (χ4v) is 3.69. The molecule has 1 nitrogen and oxygen atoms in total. The minimum atomic E-state index is 0.522. The lowest BCUT2D eigenvalue weighted by Gasteiger charge is -2.14. The lowest BCUT2D eigenvalue weighted by Crippen LogP contribution is -2.29. The third-order valence-electron chi connectivity index (χ3n) is 4.28. The third-order valence-corrected chi connectivity index (χ3v) is 5.20. The lowest BCUT2D eigenvalue weighted by molar-refractivity contribution is 0.534. The van der Waals surface area contributed by atoms with Crippen LogP contribution >= 0.6 is 11.3 Å². The Morgan fingerprint density at radius 1 is 0.875 bits per heavy atom. The predicted molar refractivity (Wildman–Crippen MR) is 106 cm³/mol. The topological polar surface area (TPSA) is 12.0 Å². The maximum absolute atomic E-state index is 3.64. The zero-order valence-corrected chi connectivity index (χ0v) is 15.1. The molecule has 0 aliphatic carbocycles. The highest BCUT2D eigenvalue weighted by atomic mass is 32.1. The van der Waals surface area contributed by atoms with E-state index in [1.165, 1.54) is 28.0 Å². The van der Waals surface area contributed by atoms with E-state index >= 15 is 0 Å². The molecular weight excluding hydrogens is 310 g/mol. The first-order valence-electron chi connectivity index (χ1n) is 8.71. The zero-order chi connectivity index (χ0) is 16.6. The van der Waals surface area contributed by atoms with Crippen molar-refractivity contribution in [2.75, 3.05) is 6.54 Å². The number of thiophene rings is 1. The second-order valence-electron chi connectivity index (χ2n) is 6.32. The van der Waals surface area contributed by atoms with Gasteiger partial charge in [-0.15, -0.1) is 11.3 Å². The highest BCUT2D eigenvalue weighted by Crippen LogP contribution is 2.24. The van der Waals surface area contributed by atoms with Crippen molar-refractivity contribution in [3.8, 4) is 10.4 Å². The molecule has 3 aromatic rings. The number of hydrogen-bond donors (Lipinski definition) is 1. The minimum absolute atomic E-state index is 0.522. The molecule has 3 rings (SSSR count). The second kappa shape index (κ2) is 8.81. The van der Waals surface area contributed by atoms with Crippen molar-refractivity contribution >= 4 is 11.3 Å². The van der Waals surface area contributed by atoms with Gasteiger partial charge in [-0.3, -0.25) is 0 Å². The van der Waals surface area contributed by atoms with Gasteiger partial charge in [0.05, 0.1) is 0 Å². The van der Waals surface area contributed by atoms with E-state index in [1.54, 1.807) is 11.3 Å². The molecule has 0 saturated heterocycles. The smallest absolute Gasteiger partial charge is 0.0342 e. The number of nitrogens with one attached hydrogen (secondary N) is 1. The van der Waals surface area contributed by atoms with Gasteiger partial charge in [-0.05, 0) is 60.9 Å². The highest BCUT2D eigenvalue weighted by molar-refractivity contribution is 7.13. The van der Waals surface area contributed by atoms with Gasteiger partial charge in [-0.1, -0.05) is 60.7 Å². The monoisotopic (exact) mass is 335 g/mol. The van der Waals surface area contributed by atoms with Gasteiger partial charge >= 0.3 is 0 Å². The Hall–Kier alpha value is -1.90. The summed E-state index contributed by atoms with van der Waals surface area (Å²) >= 11 is 1.80. The number of benzene rings is 2. The van der Waals surface area contributed by atoms with Gasteiger partial charge in [0.15, 0.2) is 0 Å². The van der Waals surface area contributed by atoms with E-state index in [9.17, 15) is 0 Å². The summed E-state index contributed by atoms with van der Waals surface area (Å²) in [6, 6.07) is 24.5. The Morgan fingerprint density at radius 2 is 1.67 bits per heavy atom. The first-order chi connectivity index (χ1) is 11.8. The molecule has 0 radical (unpaired) electrons. The van der Waals surface area contributed by atoms with Gasteiger partial charge in [0, 0.05) is 10.9 Å². The van der Waals surface area contributed by atoms with Crippen LogP contribution in [-0.4, -0.2) is 12.6 Å². The molecule has 1 heterocycles. The average molecular weight is 336 g/mol. The summed E-state index contributed by atoms with van der Waals surface area (Å²) in [6.45, 7) is 3.34. The molecule has 1 unspecified atom stereocenters. The van der Waals surface area contributed by atoms with Crippen LogP contribution in [0.4, 0.5) is 0 Å². The van der Waals surface area contributed by atoms with Gasteiger partial charge in [-0.2, -0.15) is 0 Å². The van der Waals surface area contributed by atoms with Crippen molar-refractivity contribution < 1.29 is 0 Å². The van der Waals surface area contributed by atoms with E-state index in [2.05, 4.69) is 84.4 Å². The van der Waals surface area contributed by atoms with E-state index in [0.717, 1.165) is 19.4 Å². The molecule has 1 atom stereocenters. The molecule has 0 spiro atoms. The van der Waals surface area contributed by atoms with E-state index < -0.39 is 0 Å². The third kappa shape index (κ3) is 5.05. The van der Waals surface area contributed by atoms with Crippen LogP contribution in [0.25, 0.3) is 10.4 Å². The van der Waals surface area contributed by atoms with Gasteiger partial charge < -0.3 is 5.32 Å². The largest absolute Gasteiger partial charge is 0.314 e. The highest BCUT2D eigenvalue weighted by Gasteiger charge is 2.03. The summed E-state index contributed by atoms with van der Waals surface area (Å²) in [4.78, 5) is 1.35. The summed E-state index contributed by atoms with van der Waals surface area (Å²) in [6.07, 6.45) is 3.41. The summed E-state index contributed by atoms with van der Waals surface area (Å²) in [5.41, 5.74) is 4.15. The Bertz CT molecular complexity index is 701. The van der Waals surface area contributed by atoms with Crippen LogP contribution in [0, 0.1) is 0 Å². The Balaban J connectivity index is 1.39. The number of hydrogen-bond acceptors (Lipinski definition) is 2. The van der Waals surface area contributed by atoms with Crippen molar-refractivity contribution in [1.82, 2.24) is 5.32 Å². The number of rotatable bonds is 8. The molecule has 0 amide bonds. The lowest BCUT2D eigenvalue weighted by atomic mass is 10.1. The van der Waals surface area contributed by atoms with Crippen LogP contribution in [0.2, 0.25) is 0 Å². The fourth-order valence-electron chi connectivity index (χ4n) is 2.96. The molecule has 2 heteroatoms. The molecule has 24 heavy (non-hydrogen) atoms. The Kier molecular flexibility index (Phi) is 6.22. The second-order valence-corrected chi connectivity index (χ2v) is 7.27. The van der Waals surface area contributed by atoms with Crippen LogP contribution in [0.3, 0.4) is 0 Å². The Labute approximate surface area is 149 Å². The van der Waals surface area contributed by atoms with Gasteiger partial charge in [0.1, 0.15) is 0 Å². The maximum Gasteiger partial charge on any atom is 0.0342 e. The van der Waals surface area contributed by atoms with Crippen molar-refractivity contribution in [3.05, 3.63) is 83.2 Å². The van der Waals surface area contributed by atoms with Gasteiger partial charge in [0.25, 0.3) is 0 Å². The van der Waals surface area contributed by atoms with Crippen LogP contribution in [0.1, 0.15) is 24.5 Å². The van der Waals surface area contributed by atoms with Gasteiger partial charge in [-0.25, -0.2) is 0 Å². The SMILES string of the molecule is CC(Cc1ccccc1)NCCCc1ccc(-c2cccs2)cc1. The first-order valence-corrected chi connectivity index (χ1v) is 9.59. The molecule has 0 aliphatic heterocycles. The summed E-state index contributed by atoms with van der Waals surface area (Å²) in [5.74, 6) is 0. The van der Waals surface area contributed by atoms with Crippen molar-refractivity contribution in [2.45, 2.75) is 32.2 Å². The normalized spacial score (nSPS) is 12.2. The fraction of sp³-hybridized carbons (Fsp3) is 0.273. The maximum atomic E-state index is 3.64. The first kappa shape index (κ1) is 16.9. The summed E-state index contributed by atoms with van der Waals surface area (Å²) in [7, 11) is 0. The van der Waals surface area contributed by atoms with E-state index in [1.807, 2.05) is 0 Å². The molecule has 2 aromatic carbocycles. The molecule has 0 bridgehead atoms. The predicted octanol–water partition coefficient (Wildman–Crippen LogP) is 5.57. The molecule has 0 saturated carbocycles. The summed E-state index contributed by atoms with van der Waals surface area (Å²) in [5, 5.41) is 5.77. The average Bonchev–Trinajstić information content (AvgIpc) is 3.15. The summed E-state index contributed by atoms with van der Waals surface area (Å²) < 4.78 is 0. The molecular formula is C22H25NS. The standard InChI is InChI=1S/C22H25NS/c1-18(17-20-7-3-2-4-8-20)23-15-5-9-19-11-13-21(14-12-19)22-10-6-16-24-22/h2-4,6-8,10-14,16,18,23H,5,9,15,17H2,1H3. The van der Waals surface area contributed by atoms with Crippen LogP contribution in [-0.2, 0) is 12.8 Å². The zero-order valence-electron chi connectivity index (χ0n) is 14.2. The van der Waals surface area contributed by atoms with E-state index in [4.69, 9.17) is 0 Å². The van der Waals surface area contributed by atoms with E-state index in [-0.39, 0.29) is 0 Å². The van der Waals surface area contributed by atoms with Crippen molar-refractivity contribution in [1.29, 1.82) is 0 Å². The quantitative estimate of drug-likeness (QED) is 0.531. The number of aryl methyl sites for hydroxylation is 1. The minimum Gasteiger partial charge on any atom is -0.314 e. The van der Waals surface area contributed by atoms with Crippen LogP contribution in [0.15, 0.2) is 72.1 Å². The van der Waals surface area contributed by atoms with Crippen LogP contribution < -0.4 is 5.32 Å². The molecule has 0 fully saturated rings. The van der Waals surface area contributed by atoms with Crippen molar-refractivity contribution in [2.24, 2.45) is 0 Å². The van der Waals surface area contributed by atoms with E-state index in [0.29, 0.717) is 6.04 Å². The molecule has 124 valence electrons. The van der Waals surface area contributed by atoms with Crippen molar-refractivity contribution in [3.63, 3.8) is 0 Å². The Morgan fingerprint density at radius 3 is 2.38 bits per heavy atom. The molecule has 1 N–H and O–H groups in total.